The van der Waals surface area contributed by atoms with Crippen molar-refractivity contribution in [2.45, 2.75) is 58.5 Å². The Balaban J connectivity index is 2.15. The lowest BCUT2D eigenvalue weighted by molar-refractivity contribution is -0.0264. The van der Waals surface area contributed by atoms with Crippen LogP contribution in [0.4, 0.5) is 0 Å². The fourth-order valence-electron chi connectivity index (χ4n) is 4.41. The molecule has 0 aromatic rings. The molecule has 1 N–H and O–H groups in total. The van der Waals surface area contributed by atoms with Crippen LogP contribution < -0.4 is 0 Å². The first kappa shape index (κ1) is 11.9. The molecule has 0 bridgehead atoms. The second-order valence-electron chi connectivity index (χ2n) is 6.10. The van der Waals surface area contributed by atoms with Gasteiger partial charge in [-0.15, -0.1) is 0 Å². The van der Waals surface area contributed by atoms with Crippen molar-refractivity contribution in [3.8, 4) is 6.07 Å². The highest BCUT2D eigenvalue weighted by molar-refractivity contribution is 5.02. The lowest BCUT2D eigenvalue weighted by Gasteiger charge is -2.44. The minimum absolute atomic E-state index is 0.0852. The van der Waals surface area contributed by atoms with E-state index in [0.717, 1.165) is 19.3 Å². The van der Waals surface area contributed by atoms with E-state index in [-0.39, 0.29) is 6.10 Å². The Morgan fingerprint density at radius 1 is 1.44 bits per heavy atom. The van der Waals surface area contributed by atoms with Gasteiger partial charge in [-0.05, 0) is 48.9 Å². The lowest BCUT2D eigenvalue weighted by Crippen LogP contribution is -2.41. The third-order valence-corrected chi connectivity index (χ3v) is 5.26. The Morgan fingerprint density at radius 3 is 2.88 bits per heavy atom. The van der Waals surface area contributed by atoms with Crippen LogP contribution in [0.5, 0.6) is 0 Å². The molecule has 16 heavy (non-hydrogen) atoms. The van der Waals surface area contributed by atoms with Gasteiger partial charge in [0.15, 0.2) is 0 Å². The van der Waals surface area contributed by atoms with E-state index in [1.54, 1.807) is 0 Å². The molecule has 0 radical (unpaired) electrons. The van der Waals surface area contributed by atoms with Gasteiger partial charge in [-0.1, -0.05) is 20.3 Å². The van der Waals surface area contributed by atoms with E-state index in [9.17, 15) is 5.11 Å². The minimum Gasteiger partial charge on any atom is -0.393 e. The quantitative estimate of drug-likeness (QED) is 0.778. The van der Waals surface area contributed by atoms with Crippen LogP contribution in [0.15, 0.2) is 0 Å². The number of nitriles is 1. The molecular formula is C14H23NO. The van der Waals surface area contributed by atoms with Crippen LogP contribution >= 0.6 is 0 Å². The molecule has 0 aromatic carbocycles. The van der Waals surface area contributed by atoms with Gasteiger partial charge in [0.2, 0.25) is 0 Å². The van der Waals surface area contributed by atoms with Crippen molar-refractivity contribution in [1.29, 1.82) is 5.26 Å². The molecular weight excluding hydrogens is 198 g/mol. The molecule has 0 aromatic heterocycles. The van der Waals surface area contributed by atoms with Gasteiger partial charge in [0.05, 0.1) is 12.2 Å². The molecule has 0 spiro atoms. The van der Waals surface area contributed by atoms with E-state index >= 15 is 0 Å². The van der Waals surface area contributed by atoms with Gasteiger partial charge in [0, 0.05) is 6.42 Å². The van der Waals surface area contributed by atoms with Gasteiger partial charge in [0.25, 0.3) is 0 Å². The smallest absolute Gasteiger partial charge is 0.0624 e. The van der Waals surface area contributed by atoms with E-state index in [1.807, 2.05) is 0 Å². The number of fused-ring (bicyclic) bond motifs is 1. The Labute approximate surface area is 98.7 Å². The largest absolute Gasteiger partial charge is 0.393 e. The van der Waals surface area contributed by atoms with Crippen LogP contribution in [-0.2, 0) is 0 Å². The maximum absolute atomic E-state index is 10.1. The maximum Gasteiger partial charge on any atom is 0.0624 e. The van der Waals surface area contributed by atoms with Crippen LogP contribution in [0.2, 0.25) is 0 Å². The molecule has 0 amide bonds. The molecule has 2 aliphatic carbocycles. The van der Waals surface area contributed by atoms with Gasteiger partial charge >= 0.3 is 0 Å². The first-order valence-corrected chi connectivity index (χ1v) is 6.64. The molecule has 2 nitrogen and oxygen atoms in total. The van der Waals surface area contributed by atoms with Crippen molar-refractivity contribution in [3.63, 3.8) is 0 Å². The number of rotatable bonds is 2. The zero-order chi connectivity index (χ0) is 11.8. The van der Waals surface area contributed by atoms with Crippen LogP contribution in [0.25, 0.3) is 0 Å². The number of nitrogens with zero attached hydrogens (tertiary/aromatic N) is 1. The van der Waals surface area contributed by atoms with Gasteiger partial charge in [-0.2, -0.15) is 5.26 Å². The predicted octanol–water partition coefficient (Wildman–Crippen LogP) is 3.11. The molecule has 2 rings (SSSR count). The Kier molecular flexibility index (Phi) is 3.26. The van der Waals surface area contributed by atoms with Gasteiger partial charge < -0.3 is 5.11 Å². The zero-order valence-corrected chi connectivity index (χ0v) is 10.4. The molecule has 90 valence electrons. The van der Waals surface area contributed by atoms with E-state index in [2.05, 4.69) is 19.9 Å². The van der Waals surface area contributed by atoms with E-state index in [1.165, 1.54) is 12.8 Å². The lowest BCUT2D eigenvalue weighted by atomic mass is 9.61. The standard InChI is InChI=1S/C14H23NO/c1-10(7-9-15)11-5-6-12-13(16)4-3-8-14(11,12)2/h10-13,16H,3-8H2,1-2H3/t10?,11-,12-,13-,14+/m1/s1. The van der Waals surface area contributed by atoms with Gasteiger partial charge in [0.1, 0.15) is 0 Å². The Morgan fingerprint density at radius 2 is 2.19 bits per heavy atom. The third kappa shape index (κ3) is 1.76. The van der Waals surface area contributed by atoms with E-state index in [0.29, 0.717) is 29.6 Å². The predicted molar refractivity (Wildman–Crippen MR) is 63.6 cm³/mol. The summed E-state index contributed by atoms with van der Waals surface area (Å²) in [4.78, 5) is 0. The van der Waals surface area contributed by atoms with Crippen LogP contribution in [0, 0.1) is 34.5 Å². The first-order valence-electron chi connectivity index (χ1n) is 6.64. The van der Waals surface area contributed by atoms with Gasteiger partial charge in [-0.3, -0.25) is 0 Å². The Bertz CT molecular complexity index is 296. The monoisotopic (exact) mass is 221 g/mol. The van der Waals surface area contributed by atoms with Crippen molar-refractivity contribution in [3.05, 3.63) is 0 Å². The fourth-order valence-corrected chi connectivity index (χ4v) is 4.41. The number of aliphatic hydroxyl groups is 1. The summed E-state index contributed by atoms with van der Waals surface area (Å²) in [6.07, 6.45) is 6.35. The minimum atomic E-state index is -0.0852. The molecule has 2 fully saturated rings. The summed E-state index contributed by atoms with van der Waals surface area (Å²) < 4.78 is 0. The van der Waals surface area contributed by atoms with Crippen LogP contribution in [0.3, 0.4) is 0 Å². The third-order valence-electron chi connectivity index (χ3n) is 5.26. The number of hydrogen-bond donors (Lipinski definition) is 1. The van der Waals surface area contributed by atoms with Crippen molar-refractivity contribution in [2.24, 2.45) is 23.2 Å². The highest BCUT2D eigenvalue weighted by Crippen LogP contribution is 2.57. The summed E-state index contributed by atoms with van der Waals surface area (Å²) >= 11 is 0. The van der Waals surface area contributed by atoms with Crippen molar-refractivity contribution in [1.82, 2.24) is 0 Å². The number of hydrogen-bond acceptors (Lipinski definition) is 2. The van der Waals surface area contributed by atoms with Crippen molar-refractivity contribution in [2.75, 3.05) is 0 Å². The molecule has 2 saturated carbocycles. The average molecular weight is 221 g/mol. The van der Waals surface area contributed by atoms with E-state index < -0.39 is 0 Å². The summed E-state index contributed by atoms with van der Waals surface area (Å²) in [5.74, 6) is 1.63. The fraction of sp³-hybridized carbons (Fsp3) is 0.929. The van der Waals surface area contributed by atoms with E-state index in [4.69, 9.17) is 5.26 Å². The highest BCUT2D eigenvalue weighted by Gasteiger charge is 2.51. The summed E-state index contributed by atoms with van der Waals surface area (Å²) in [6.45, 7) is 4.56. The normalized spacial score (nSPS) is 44.8. The molecule has 0 aliphatic heterocycles. The van der Waals surface area contributed by atoms with Crippen LogP contribution in [0.1, 0.15) is 52.4 Å². The summed E-state index contributed by atoms with van der Waals surface area (Å²) in [5, 5.41) is 18.9. The second-order valence-corrected chi connectivity index (χ2v) is 6.10. The summed E-state index contributed by atoms with van der Waals surface area (Å²) in [6, 6.07) is 2.31. The molecule has 5 atom stereocenters. The molecule has 1 unspecified atom stereocenters. The van der Waals surface area contributed by atoms with Crippen LogP contribution in [-0.4, -0.2) is 11.2 Å². The number of aliphatic hydroxyl groups excluding tert-OH is 1. The molecule has 2 aliphatic rings. The molecule has 0 saturated heterocycles. The average Bonchev–Trinajstić information content (AvgIpc) is 2.57. The summed E-state index contributed by atoms with van der Waals surface area (Å²) in [7, 11) is 0. The highest BCUT2D eigenvalue weighted by atomic mass is 16.3. The topological polar surface area (TPSA) is 44.0 Å². The van der Waals surface area contributed by atoms with Gasteiger partial charge in [-0.25, -0.2) is 0 Å². The molecule has 2 heteroatoms. The van der Waals surface area contributed by atoms with Crippen molar-refractivity contribution >= 4 is 0 Å². The zero-order valence-electron chi connectivity index (χ0n) is 10.4. The molecule has 0 heterocycles. The summed E-state index contributed by atoms with van der Waals surface area (Å²) in [5.41, 5.74) is 0.300. The second kappa shape index (κ2) is 4.37. The Hall–Kier alpha value is -0.550. The SMILES string of the molecule is CC(CC#N)[C@H]1CC[C@@H]2[C@H](O)CCC[C@@]12C. The first-order chi connectivity index (χ1) is 7.59. The maximum atomic E-state index is 10.1. The van der Waals surface area contributed by atoms with Crippen molar-refractivity contribution < 1.29 is 5.11 Å².